The predicted molar refractivity (Wildman–Crippen MR) is 79.9 cm³/mol. The SMILES string of the molecule is O=C(NNC(=O)[C@H]1[C@H]2CC[C@@H](C2)[C@@H]1C(=O)[O-])c1ccc(Cl)cc1. The molecule has 2 amide bonds. The molecule has 2 aliphatic rings. The molecule has 2 saturated carbocycles. The van der Waals surface area contributed by atoms with Gasteiger partial charge in [-0.05, 0) is 55.4 Å². The zero-order valence-electron chi connectivity index (χ0n) is 12.3. The summed E-state index contributed by atoms with van der Waals surface area (Å²) < 4.78 is 0. The Morgan fingerprint density at radius 1 is 1.00 bits per heavy atom. The number of amides is 2. The molecule has 7 heteroatoms. The van der Waals surface area contributed by atoms with E-state index in [1.165, 1.54) is 12.1 Å². The van der Waals surface area contributed by atoms with E-state index in [2.05, 4.69) is 10.9 Å². The Labute approximate surface area is 138 Å². The highest BCUT2D eigenvalue weighted by Gasteiger charge is 2.51. The monoisotopic (exact) mass is 335 g/mol. The highest BCUT2D eigenvalue weighted by atomic mass is 35.5. The van der Waals surface area contributed by atoms with Crippen molar-refractivity contribution in [2.45, 2.75) is 19.3 Å². The highest BCUT2D eigenvalue weighted by Crippen LogP contribution is 2.52. The highest BCUT2D eigenvalue weighted by molar-refractivity contribution is 6.30. The summed E-state index contributed by atoms with van der Waals surface area (Å²) in [6.45, 7) is 0. The predicted octanol–water partition coefficient (Wildman–Crippen LogP) is 0.513. The van der Waals surface area contributed by atoms with Gasteiger partial charge in [-0.1, -0.05) is 11.6 Å². The van der Waals surface area contributed by atoms with Crippen molar-refractivity contribution in [2.24, 2.45) is 23.7 Å². The van der Waals surface area contributed by atoms with Gasteiger partial charge in [0.1, 0.15) is 0 Å². The van der Waals surface area contributed by atoms with Crippen LogP contribution in [0.2, 0.25) is 5.02 Å². The van der Waals surface area contributed by atoms with Crippen LogP contribution in [0.15, 0.2) is 24.3 Å². The summed E-state index contributed by atoms with van der Waals surface area (Å²) in [6.07, 6.45) is 2.41. The first-order valence-electron chi connectivity index (χ1n) is 7.54. The molecule has 2 aliphatic carbocycles. The van der Waals surface area contributed by atoms with Gasteiger partial charge in [0.2, 0.25) is 5.91 Å². The molecule has 1 aromatic carbocycles. The van der Waals surface area contributed by atoms with Gasteiger partial charge in [-0.15, -0.1) is 0 Å². The summed E-state index contributed by atoms with van der Waals surface area (Å²) in [4.78, 5) is 35.6. The number of nitrogens with one attached hydrogen (secondary N) is 2. The molecule has 0 heterocycles. The number of benzene rings is 1. The second kappa shape index (κ2) is 6.20. The van der Waals surface area contributed by atoms with Crippen LogP contribution in [0.3, 0.4) is 0 Å². The van der Waals surface area contributed by atoms with E-state index in [9.17, 15) is 19.5 Å². The van der Waals surface area contributed by atoms with Crippen molar-refractivity contribution >= 4 is 29.4 Å². The van der Waals surface area contributed by atoms with E-state index in [0.717, 1.165) is 19.3 Å². The molecule has 6 nitrogen and oxygen atoms in total. The summed E-state index contributed by atoms with van der Waals surface area (Å²) in [7, 11) is 0. The Morgan fingerprint density at radius 2 is 1.61 bits per heavy atom. The minimum atomic E-state index is -1.18. The summed E-state index contributed by atoms with van der Waals surface area (Å²) in [5.41, 5.74) is 5.01. The first kappa shape index (κ1) is 15.8. The quantitative estimate of drug-likeness (QED) is 0.786. The number of aliphatic carboxylic acids is 1. The van der Waals surface area contributed by atoms with E-state index in [0.29, 0.717) is 10.6 Å². The molecule has 0 unspecified atom stereocenters. The van der Waals surface area contributed by atoms with Crippen molar-refractivity contribution in [3.05, 3.63) is 34.9 Å². The average Bonchev–Trinajstić information content (AvgIpc) is 3.13. The topological polar surface area (TPSA) is 98.3 Å². The van der Waals surface area contributed by atoms with Crippen molar-refractivity contribution in [1.29, 1.82) is 0 Å². The zero-order chi connectivity index (χ0) is 16.6. The van der Waals surface area contributed by atoms with Crippen LogP contribution in [0.1, 0.15) is 29.6 Å². The molecule has 2 fully saturated rings. The van der Waals surface area contributed by atoms with Crippen molar-refractivity contribution in [2.75, 3.05) is 0 Å². The van der Waals surface area contributed by atoms with Gasteiger partial charge in [0.15, 0.2) is 0 Å². The number of hydrogen-bond donors (Lipinski definition) is 2. The van der Waals surface area contributed by atoms with Gasteiger partial charge in [-0.25, -0.2) is 0 Å². The number of halogens is 1. The van der Waals surface area contributed by atoms with Gasteiger partial charge in [0.05, 0.1) is 5.92 Å². The standard InChI is InChI=1S/C16H17ClN2O4/c17-11-5-3-8(4-6-11)14(20)18-19-15(21)12-9-1-2-10(7-9)13(12)16(22)23/h3-6,9-10,12-13H,1-2,7H2,(H,18,20)(H,19,21)(H,22,23)/p-1/t9-,10-,12-,13-/m0/s1. The van der Waals surface area contributed by atoms with E-state index in [-0.39, 0.29) is 11.8 Å². The molecule has 0 saturated heterocycles. The Kier molecular flexibility index (Phi) is 4.26. The van der Waals surface area contributed by atoms with Gasteiger partial charge in [0.25, 0.3) is 5.91 Å². The van der Waals surface area contributed by atoms with E-state index < -0.39 is 29.6 Å². The lowest BCUT2D eigenvalue weighted by Crippen LogP contribution is -2.50. The number of carbonyl (C=O) groups is 3. The Morgan fingerprint density at radius 3 is 2.22 bits per heavy atom. The van der Waals surface area contributed by atoms with Crippen molar-refractivity contribution in [3.63, 3.8) is 0 Å². The van der Waals surface area contributed by atoms with Crippen LogP contribution >= 0.6 is 11.6 Å². The fraction of sp³-hybridized carbons (Fsp3) is 0.438. The third-order valence-electron chi connectivity index (χ3n) is 4.90. The van der Waals surface area contributed by atoms with Crippen molar-refractivity contribution in [3.8, 4) is 0 Å². The molecule has 4 atom stereocenters. The Hall–Kier alpha value is -2.08. The lowest BCUT2D eigenvalue weighted by Gasteiger charge is -2.30. The lowest BCUT2D eigenvalue weighted by molar-refractivity contribution is -0.314. The number of hydrogen-bond acceptors (Lipinski definition) is 4. The summed E-state index contributed by atoms with van der Waals surface area (Å²) in [5.74, 6) is -3.47. The second-order valence-electron chi connectivity index (χ2n) is 6.15. The molecule has 2 bridgehead atoms. The van der Waals surface area contributed by atoms with Gasteiger partial charge >= 0.3 is 0 Å². The second-order valence-corrected chi connectivity index (χ2v) is 6.59. The van der Waals surface area contributed by atoms with Crippen LogP contribution < -0.4 is 16.0 Å². The molecule has 0 aliphatic heterocycles. The maximum Gasteiger partial charge on any atom is 0.269 e. The van der Waals surface area contributed by atoms with E-state index >= 15 is 0 Å². The van der Waals surface area contributed by atoms with E-state index in [1.54, 1.807) is 12.1 Å². The molecule has 122 valence electrons. The molecule has 0 spiro atoms. The summed E-state index contributed by atoms with van der Waals surface area (Å²) in [6, 6.07) is 6.21. The normalized spacial score (nSPS) is 28.4. The number of carbonyl (C=O) groups excluding carboxylic acids is 3. The molecule has 2 N–H and O–H groups in total. The van der Waals surface area contributed by atoms with Gasteiger partial charge in [-0.3, -0.25) is 20.4 Å². The first-order valence-corrected chi connectivity index (χ1v) is 7.92. The molecule has 1 aromatic rings. The first-order chi connectivity index (χ1) is 11.0. The number of carboxylic acid groups (broad SMARTS) is 1. The maximum absolute atomic E-state index is 12.3. The maximum atomic E-state index is 12.3. The summed E-state index contributed by atoms with van der Waals surface area (Å²) in [5, 5.41) is 11.8. The molecular weight excluding hydrogens is 320 g/mol. The number of rotatable bonds is 3. The van der Waals surface area contributed by atoms with Crippen molar-refractivity contribution in [1.82, 2.24) is 10.9 Å². The van der Waals surface area contributed by atoms with Gasteiger partial charge in [0, 0.05) is 22.5 Å². The smallest absolute Gasteiger partial charge is 0.269 e. The van der Waals surface area contributed by atoms with Crippen LogP contribution in [0, 0.1) is 23.7 Å². The number of hydrazine groups is 1. The molecular formula is C16H16ClN2O4-. The van der Waals surface area contributed by atoms with Gasteiger partial charge in [-0.2, -0.15) is 0 Å². The molecule has 3 rings (SSSR count). The lowest BCUT2D eigenvalue weighted by atomic mass is 9.79. The molecule has 0 aromatic heterocycles. The Balaban J connectivity index is 1.62. The minimum absolute atomic E-state index is 0.00715. The number of fused-ring (bicyclic) bond motifs is 2. The van der Waals surface area contributed by atoms with Crippen LogP contribution in [0.5, 0.6) is 0 Å². The third kappa shape index (κ3) is 3.03. The fourth-order valence-corrected chi connectivity index (χ4v) is 4.01. The van der Waals surface area contributed by atoms with Crippen LogP contribution in [-0.2, 0) is 9.59 Å². The third-order valence-corrected chi connectivity index (χ3v) is 5.15. The van der Waals surface area contributed by atoms with E-state index in [4.69, 9.17) is 11.6 Å². The van der Waals surface area contributed by atoms with Crippen LogP contribution in [0.25, 0.3) is 0 Å². The molecule has 0 radical (unpaired) electrons. The van der Waals surface area contributed by atoms with Crippen molar-refractivity contribution < 1.29 is 19.5 Å². The van der Waals surface area contributed by atoms with Crippen LogP contribution in [-0.4, -0.2) is 17.8 Å². The average molecular weight is 336 g/mol. The van der Waals surface area contributed by atoms with Gasteiger partial charge < -0.3 is 9.90 Å². The fourth-order valence-electron chi connectivity index (χ4n) is 3.88. The minimum Gasteiger partial charge on any atom is -0.550 e. The van der Waals surface area contributed by atoms with Crippen LogP contribution in [0.4, 0.5) is 0 Å². The summed E-state index contributed by atoms with van der Waals surface area (Å²) >= 11 is 5.75. The molecule has 23 heavy (non-hydrogen) atoms. The van der Waals surface area contributed by atoms with E-state index in [1.807, 2.05) is 0 Å². The zero-order valence-corrected chi connectivity index (χ0v) is 13.0. The largest absolute Gasteiger partial charge is 0.550 e. The number of carboxylic acids is 1. The Bertz CT molecular complexity index is 646.